The number of carbonyl (C=O) groups excluding carboxylic acids is 1. The standard InChI is InChI=1S/C23H26N4O3/c1-5-14-30-18-12-10-17(11-13-18)16(4)24-25-22(28)21-19-8-6-7-9-20(19)23(29)27(26-21)15(2)3/h6-13,15H,5,14H2,1-4H3,(H,25,28)/b24-16-. The minimum atomic E-state index is -0.470. The van der Waals surface area contributed by atoms with E-state index in [1.165, 1.54) is 4.68 Å². The van der Waals surface area contributed by atoms with Gasteiger partial charge in [-0.05, 0) is 63.1 Å². The van der Waals surface area contributed by atoms with Crippen LogP contribution in [0.25, 0.3) is 10.8 Å². The topological polar surface area (TPSA) is 85.6 Å². The van der Waals surface area contributed by atoms with Crippen LogP contribution in [-0.4, -0.2) is 28.0 Å². The Balaban J connectivity index is 1.86. The second-order valence-electron chi connectivity index (χ2n) is 7.25. The first-order valence-corrected chi connectivity index (χ1v) is 10.0. The molecule has 0 unspecified atom stereocenters. The molecule has 3 rings (SSSR count). The summed E-state index contributed by atoms with van der Waals surface area (Å²) in [5.74, 6) is 0.326. The van der Waals surface area contributed by atoms with Crippen molar-refractivity contribution in [2.24, 2.45) is 5.10 Å². The number of benzene rings is 2. The highest BCUT2D eigenvalue weighted by Gasteiger charge is 2.17. The molecule has 0 bridgehead atoms. The number of fused-ring (bicyclic) bond motifs is 1. The van der Waals surface area contributed by atoms with E-state index in [0.717, 1.165) is 17.7 Å². The summed E-state index contributed by atoms with van der Waals surface area (Å²) >= 11 is 0. The maximum Gasteiger partial charge on any atom is 0.292 e. The summed E-state index contributed by atoms with van der Waals surface area (Å²) in [5, 5.41) is 9.47. The Bertz CT molecular complexity index is 1130. The Kier molecular flexibility index (Phi) is 6.61. The van der Waals surface area contributed by atoms with Crippen LogP contribution >= 0.6 is 0 Å². The minimum absolute atomic E-state index is 0.166. The molecule has 0 spiro atoms. The lowest BCUT2D eigenvalue weighted by Gasteiger charge is -2.12. The molecule has 0 saturated heterocycles. The highest BCUT2D eigenvalue weighted by Crippen LogP contribution is 2.15. The maximum absolute atomic E-state index is 12.8. The van der Waals surface area contributed by atoms with Gasteiger partial charge in [-0.15, -0.1) is 0 Å². The molecule has 30 heavy (non-hydrogen) atoms. The van der Waals surface area contributed by atoms with Crippen LogP contribution in [0.3, 0.4) is 0 Å². The monoisotopic (exact) mass is 406 g/mol. The van der Waals surface area contributed by atoms with Crippen LogP contribution in [-0.2, 0) is 0 Å². The number of ether oxygens (including phenoxy) is 1. The van der Waals surface area contributed by atoms with Gasteiger partial charge in [-0.2, -0.15) is 10.2 Å². The Hall–Kier alpha value is -3.48. The van der Waals surface area contributed by atoms with E-state index in [1.54, 1.807) is 24.3 Å². The zero-order valence-corrected chi connectivity index (χ0v) is 17.7. The number of amides is 1. The van der Waals surface area contributed by atoms with Crippen molar-refractivity contribution >= 4 is 22.4 Å². The Morgan fingerprint density at radius 1 is 1.13 bits per heavy atom. The SMILES string of the molecule is CCCOc1ccc(/C(C)=N\NC(=O)c2nn(C(C)C)c(=O)c3ccccc23)cc1. The van der Waals surface area contributed by atoms with E-state index in [9.17, 15) is 9.59 Å². The summed E-state index contributed by atoms with van der Waals surface area (Å²) in [5.41, 5.74) is 4.02. The van der Waals surface area contributed by atoms with Gasteiger partial charge in [0.25, 0.3) is 11.5 Å². The molecule has 0 radical (unpaired) electrons. The van der Waals surface area contributed by atoms with Gasteiger partial charge in [0, 0.05) is 5.39 Å². The normalized spacial score (nSPS) is 11.7. The Morgan fingerprint density at radius 3 is 2.43 bits per heavy atom. The largest absolute Gasteiger partial charge is 0.494 e. The molecule has 1 amide bonds. The van der Waals surface area contributed by atoms with Gasteiger partial charge < -0.3 is 4.74 Å². The molecule has 1 N–H and O–H groups in total. The highest BCUT2D eigenvalue weighted by molar-refractivity contribution is 6.06. The molecule has 0 aliphatic heterocycles. The predicted molar refractivity (Wildman–Crippen MR) is 118 cm³/mol. The lowest BCUT2D eigenvalue weighted by atomic mass is 10.1. The number of aromatic nitrogens is 2. The number of carbonyl (C=O) groups is 1. The van der Waals surface area contributed by atoms with E-state index in [0.29, 0.717) is 23.1 Å². The summed E-state index contributed by atoms with van der Waals surface area (Å²) in [7, 11) is 0. The molecule has 0 saturated carbocycles. The van der Waals surface area contributed by atoms with Crippen molar-refractivity contribution in [3.8, 4) is 5.75 Å². The Labute approximate surface area is 175 Å². The number of hydrogen-bond donors (Lipinski definition) is 1. The molecule has 7 nitrogen and oxygen atoms in total. The van der Waals surface area contributed by atoms with E-state index < -0.39 is 5.91 Å². The zero-order chi connectivity index (χ0) is 21.7. The molecular weight excluding hydrogens is 380 g/mol. The fraction of sp³-hybridized carbons (Fsp3) is 0.304. The van der Waals surface area contributed by atoms with E-state index in [1.807, 2.05) is 45.0 Å². The molecule has 1 aromatic heterocycles. The van der Waals surface area contributed by atoms with Gasteiger partial charge in [0.1, 0.15) is 5.75 Å². The molecule has 0 fully saturated rings. The highest BCUT2D eigenvalue weighted by atomic mass is 16.5. The second kappa shape index (κ2) is 9.35. The van der Waals surface area contributed by atoms with Crippen molar-refractivity contribution in [2.45, 2.75) is 40.2 Å². The van der Waals surface area contributed by atoms with E-state index in [2.05, 4.69) is 22.5 Å². The van der Waals surface area contributed by atoms with Crippen LogP contribution in [0.15, 0.2) is 58.4 Å². The third-order valence-corrected chi connectivity index (χ3v) is 4.60. The Morgan fingerprint density at radius 2 is 1.80 bits per heavy atom. The number of nitrogens with one attached hydrogen (secondary N) is 1. The van der Waals surface area contributed by atoms with Gasteiger partial charge in [-0.3, -0.25) is 9.59 Å². The average molecular weight is 406 g/mol. The van der Waals surface area contributed by atoms with Gasteiger partial charge in [0.2, 0.25) is 0 Å². The molecule has 0 atom stereocenters. The van der Waals surface area contributed by atoms with Crippen LogP contribution in [0.2, 0.25) is 0 Å². The first-order chi connectivity index (χ1) is 14.4. The summed E-state index contributed by atoms with van der Waals surface area (Å²) < 4.78 is 6.90. The second-order valence-corrected chi connectivity index (χ2v) is 7.25. The van der Waals surface area contributed by atoms with E-state index in [-0.39, 0.29) is 17.3 Å². The molecule has 0 aliphatic carbocycles. The number of rotatable bonds is 7. The molecule has 2 aromatic carbocycles. The van der Waals surface area contributed by atoms with Crippen LogP contribution in [0.4, 0.5) is 0 Å². The third kappa shape index (κ3) is 4.56. The molecule has 156 valence electrons. The van der Waals surface area contributed by atoms with Gasteiger partial charge >= 0.3 is 0 Å². The van der Waals surface area contributed by atoms with Crippen LogP contribution in [0.5, 0.6) is 5.75 Å². The summed E-state index contributed by atoms with van der Waals surface area (Å²) in [6.45, 7) is 8.23. The minimum Gasteiger partial charge on any atom is -0.494 e. The van der Waals surface area contributed by atoms with Crippen LogP contribution < -0.4 is 15.7 Å². The van der Waals surface area contributed by atoms with Crippen LogP contribution in [0, 0.1) is 0 Å². The van der Waals surface area contributed by atoms with Crippen molar-refractivity contribution in [1.29, 1.82) is 0 Å². The maximum atomic E-state index is 12.8. The van der Waals surface area contributed by atoms with Gasteiger partial charge in [-0.1, -0.05) is 25.1 Å². The van der Waals surface area contributed by atoms with E-state index >= 15 is 0 Å². The van der Waals surface area contributed by atoms with Crippen molar-refractivity contribution in [3.05, 3.63) is 70.1 Å². The van der Waals surface area contributed by atoms with Crippen molar-refractivity contribution in [1.82, 2.24) is 15.2 Å². The summed E-state index contributed by atoms with van der Waals surface area (Å²) in [6, 6.07) is 14.3. The lowest BCUT2D eigenvalue weighted by Crippen LogP contribution is -2.30. The number of hydrogen-bond acceptors (Lipinski definition) is 5. The number of nitrogens with zero attached hydrogens (tertiary/aromatic N) is 3. The van der Waals surface area contributed by atoms with Gasteiger partial charge in [-0.25, -0.2) is 10.1 Å². The molecule has 3 aromatic rings. The average Bonchev–Trinajstić information content (AvgIpc) is 2.76. The first kappa shape index (κ1) is 21.2. The van der Waals surface area contributed by atoms with Crippen molar-refractivity contribution in [2.75, 3.05) is 6.61 Å². The summed E-state index contributed by atoms with van der Waals surface area (Å²) in [6.07, 6.45) is 0.946. The predicted octanol–water partition coefficient (Wildman–Crippen LogP) is 3.92. The van der Waals surface area contributed by atoms with Crippen molar-refractivity contribution < 1.29 is 9.53 Å². The quantitative estimate of drug-likeness (QED) is 0.476. The summed E-state index contributed by atoms with van der Waals surface area (Å²) in [4.78, 5) is 25.5. The lowest BCUT2D eigenvalue weighted by molar-refractivity contribution is 0.0949. The van der Waals surface area contributed by atoms with Crippen LogP contribution in [0.1, 0.15) is 56.2 Å². The molecule has 1 heterocycles. The van der Waals surface area contributed by atoms with E-state index in [4.69, 9.17) is 4.74 Å². The van der Waals surface area contributed by atoms with Crippen molar-refractivity contribution in [3.63, 3.8) is 0 Å². The molecule has 0 aliphatic rings. The number of hydrazone groups is 1. The fourth-order valence-electron chi connectivity index (χ4n) is 2.99. The molecular formula is C23H26N4O3. The smallest absolute Gasteiger partial charge is 0.292 e. The first-order valence-electron chi connectivity index (χ1n) is 10.0. The fourth-order valence-corrected chi connectivity index (χ4v) is 2.99. The van der Waals surface area contributed by atoms with Gasteiger partial charge in [0.05, 0.1) is 23.7 Å². The van der Waals surface area contributed by atoms with Gasteiger partial charge in [0.15, 0.2) is 5.69 Å². The zero-order valence-electron chi connectivity index (χ0n) is 17.7. The third-order valence-electron chi connectivity index (χ3n) is 4.60. The molecule has 7 heteroatoms.